The second kappa shape index (κ2) is 4.89. The molecule has 0 bridgehead atoms. The van der Waals surface area contributed by atoms with E-state index in [0.717, 1.165) is 6.42 Å². The van der Waals surface area contributed by atoms with E-state index in [1.807, 2.05) is 0 Å². The molecule has 6 rings (SSSR count). The zero-order chi connectivity index (χ0) is 18.2. The first-order chi connectivity index (χ1) is 13.1. The third-order valence-corrected chi connectivity index (χ3v) is 6.64. The number of fused-ring (bicyclic) bond motifs is 10. The molecule has 27 heavy (non-hydrogen) atoms. The smallest absolute Gasteiger partial charge is 0.0722 e. The maximum atomic E-state index is 2.52. The maximum absolute atomic E-state index is 2.52. The lowest BCUT2D eigenvalue weighted by atomic mass is 9.68. The Balaban J connectivity index is 1.81. The molecule has 1 spiro atoms. The van der Waals surface area contributed by atoms with Crippen LogP contribution in [-0.4, -0.2) is 0 Å². The van der Waals surface area contributed by atoms with Crippen LogP contribution in [0.4, 0.5) is 0 Å². The fourth-order valence-corrected chi connectivity index (χ4v) is 5.59. The molecule has 0 heteroatoms. The van der Waals surface area contributed by atoms with E-state index in [0.29, 0.717) is 0 Å². The summed E-state index contributed by atoms with van der Waals surface area (Å²) in [6.45, 7) is 4.69. The molecule has 3 aromatic carbocycles. The molecule has 0 aromatic heterocycles. The van der Waals surface area contributed by atoms with Crippen molar-refractivity contribution in [1.82, 2.24) is 0 Å². The lowest BCUT2D eigenvalue weighted by Crippen LogP contribution is -2.27. The van der Waals surface area contributed by atoms with E-state index in [-0.39, 0.29) is 10.8 Å². The number of benzene rings is 3. The molecule has 3 aromatic rings. The minimum Gasteiger partial charge on any atom is -0.0783 e. The third-order valence-electron chi connectivity index (χ3n) is 6.64. The summed E-state index contributed by atoms with van der Waals surface area (Å²) < 4.78 is 0. The van der Waals surface area contributed by atoms with Gasteiger partial charge in [0.05, 0.1) is 5.41 Å². The van der Waals surface area contributed by atoms with Crippen LogP contribution in [0.3, 0.4) is 0 Å². The van der Waals surface area contributed by atoms with Gasteiger partial charge in [0, 0.05) is 0 Å². The van der Waals surface area contributed by atoms with E-state index in [4.69, 9.17) is 0 Å². The van der Waals surface area contributed by atoms with Crippen LogP contribution in [0.25, 0.3) is 16.7 Å². The van der Waals surface area contributed by atoms with Crippen molar-refractivity contribution in [2.24, 2.45) is 5.41 Å². The highest BCUT2D eigenvalue weighted by molar-refractivity contribution is 6.00. The summed E-state index contributed by atoms with van der Waals surface area (Å²) in [5.41, 5.74) is 11.5. The van der Waals surface area contributed by atoms with E-state index in [1.54, 1.807) is 0 Å². The van der Waals surface area contributed by atoms with Crippen molar-refractivity contribution in [1.29, 1.82) is 0 Å². The average Bonchev–Trinajstić information content (AvgIpc) is 3.14. The van der Waals surface area contributed by atoms with Gasteiger partial charge in [-0.1, -0.05) is 98.8 Å². The lowest BCUT2D eigenvalue weighted by molar-refractivity contribution is 0.482. The van der Waals surface area contributed by atoms with E-state index in [1.165, 1.54) is 44.5 Å². The van der Waals surface area contributed by atoms with Crippen LogP contribution < -0.4 is 0 Å². The molecule has 0 atom stereocenters. The molecule has 0 N–H and O–H groups in total. The summed E-state index contributed by atoms with van der Waals surface area (Å²) in [5, 5.41) is 0. The third kappa shape index (κ3) is 1.74. The van der Waals surface area contributed by atoms with Crippen molar-refractivity contribution < 1.29 is 0 Å². The van der Waals surface area contributed by atoms with Gasteiger partial charge in [0.1, 0.15) is 0 Å². The molecule has 130 valence electrons. The summed E-state index contributed by atoms with van der Waals surface area (Å²) in [6.07, 6.45) is 6.12. The molecule has 0 saturated carbocycles. The molecule has 0 fully saturated rings. The van der Waals surface area contributed by atoms with Crippen LogP contribution in [0.1, 0.15) is 42.5 Å². The topological polar surface area (TPSA) is 0 Å². The number of allylic oxidation sites excluding steroid dienone is 4. The van der Waals surface area contributed by atoms with E-state index >= 15 is 0 Å². The van der Waals surface area contributed by atoms with Gasteiger partial charge < -0.3 is 0 Å². The SMILES string of the molecule is CC1(C)C=C2C(=CC1)C1(c3ccccc32)c2ccccc2-c2ccccc21. The second-order valence-electron chi connectivity index (χ2n) is 8.76. The van der Waals surface area contributed by atoms with E-state index in [2.05, 4.69) is 98.8 Å². The largest absolute Gasteiger partial charge is 0.0783 e. The second-order valence-corrected chi connectivity index (χ2v) is 8.76. The number of hydrogen-bond donors (Lipinski definition) is 0. The van der Waals surface area contributed by atoms with Gasteiger partial charge in [-0.2, -0.15) is 0 Å². The van der Waals surface area contributed by atoms with Crippen molar-refractivity contribution in [2.75, 3.05) is 0 Å². The number of hydrogen-bond acceptors (Lipinski definition) is 0. The Morgan fingerprint density at radius 3 is 1.70 bits per heavy atom. The van der Waals surface area contributed by atoms with E-state index in [9.17, 15) is 0 Å². The monoisotopic (exact) mass is 346 g/mol. The minimum absolute atomic E-state index is 0.161. The Hall–Kier alpha value is -2.86. The highest BCUT2D eigenvalue weighted by Gasteiger charge is 2.53. The molecule has 0 unspecified atom stereocenters. The summed E-state index contributed by atoms with van der Waals surface area (Å²) in [4.78, 5) is 0. The van der Waals surface area contributed by atoms with Gasteiger partial charge >= 0.3 is 0 Å². The van der Waals surface area contributed by atoms with E-state index < -0.39 is 0 Å². The zero-order valence-corrected chi connectivity index (χ0v) is 15.8. The first kappa shape index (κ1) is 15.2. The summed E-state index contributed by atoms with van der Waals surface area (Å²) in [7, 11) is 0. The van der Waals surface area contributed by atoms with Crippen molar-refractivity contribution in [3.63, 3.8) is 0 Å². The fourth-order valence-electron chi connectivity index (χ4n) is 5.59. The van der Waals surface area contributed by atoms with Gasteiger partial charge in [-0.3, -0.25) is 0 Å². The molecule has 0 saturated heterocycles. The van der Waals surface area contributed by atoms with Gasteiger partial charge in [-0.25, -0.2) is 0 Å². The molecular formula is C27H22. The quantitative estimate of drug-likeness (QED) is 0.422. The van der Waals surface area contributed by atoms with Crippen LogP contribution in [0, 0.1) is 5.41 Å². The molecule has 0 aliphatic heterocycles. The minimum atomic E-state index is -0.161. The Kier molecular flexibility index (Phi) is 2.76. The first-order valence-electron chi connectivity index (χ1n) is 9.86. The molecule has 0 radical (unpaired) electrons. The Morgan fingerprint density at radius 2 is 1.11 bits per heavy atom. The van der Waals surface area contributed by atoms with Gasteiger partial charge in [-0.05, 0) is 56.4 Å². The van der Waals surface area contributed by atoms with Crippen molar-refractivity contribution >= 4 is 5.57 Å². The predicted octanol–water partition coefficient (Wildman–Crippen LogP) is 6.75. The lowest BCUT2D eigenvalue weighted by Gasteiger charge is -2.34. The molecule has 3 aliphatic carbocycles. The summed E-state index contributed by atoms with van der Waals surface area (Å²) in [5.74, 6) is 0. The molecule has 0 heterocycles. The van der Waals surface area contributed by atoms with Gasteiger partial charge in [0.15, 0.2) is 0 Å². The van der Waals surface area contributed by atoms with Gasteiger partial charge in [-0.15, -0.1) is 0 Å². The van der Waals surface area contributed by atoms with Crippen LogP contribution in [0.2, 0.25) is 0 Å². The van der Waals surface area contributed by atoms with Crippen molar-refractivity contribution in [3.8, 4) is 11.1 Å². The van der Waals surface area contributed by atoms with Crippen LogP contribution in [0.5, 0.6) is 0 Å². The first-order valence-corrected chi connectivity index (χ1v) is 9.86. The summed E-state index contributed by atoms with van der Waals surface area (Å²) >= 11 is 0. The molecule has 3 aliphatic rings. The highest BCUT2D eigenvalue weighted by Crippen LogP contribution is 2.64. The average molecular weight is 346 g/mol. The molecule has 0 amide bonds. The fraction of sp³-hybridized carbons (Fsp3) is 0.185. The van der Waals surface area contributed by atoms with Crippen LogP contribution >= 0.6 is 0 Å². The maximum Gasteiger partial charge on any atom is 0.0722 e. The molecular weight excluding hydrogens is 324 g/mol. The predicted molar refractivity (Wildman–Crippen MR) is 113 cm³/mol. The highest BCUT2D eigenvalue weighted by atomic mass is 14.5. The Bertz CT molecular complexity index is 1120. The Labute approximate surface area is 160 Å². The molecule has 0 nitrogen and oxygen atoms in total. The van der Waals surface area contributed by atoms with Crippen LogP contribution in [0.15, 0.2) is 90.5 Å². The van der Waals surface area contributed by atoms with Gasteiger partial charge in [0.25, 0.3) is 0 Å². The summed E-state index contributed by atoms with van der Waals surface area (Å²) in [6, 6.07) is 27.1. The standard InChI is InChI=1S/C27H22/c1-26(2)16-15-25-21(17-26)20-11-5-8-14-24(20)27(25)22-12-6-3-9-18(22)19-10-4-7-13-23(19)27/h3-15,17H,16H2,1-2H3. The zero-order valence-electron chi connectivity index (χ0n) is 15.8. The van der Waals surface area contributed by atoms with Crippen LogP contribution in [-0.2, 0) is 5.41 Å². The normalized spacial score (nSPS) is 19.6. The van der Waals surface area contributed by atoms with Crippen molar-refractivity contribution in [3.05, 3.63) is 113 Å². The van der Waals surface area contributed by atoms with Gasteiger partial charge in [0.2, 0.25) is 0 Å². The van der Waals surface area contributed by atoms with Crippen molar-refractivity contribution in [2.45, 2.75) is 25.7 Å². The number of rotatable bonds is 0. The Morgan fingerprint density at radius 1 is 0.630 bits per heavy atom.